The number of hydrogen-bond donors (Lipinski definition) is 2. The number of amides is 1. The first-order valence-corrected chi connectivity index (χ1v) is 4.90. The molecule has 80 valence electrons. The number of rotatable bonds is 1. The summed E-state index contributed by atoms with van der Waals surface area (Å²) in [5.74, 6) is 0.473. The summed E-state index contributed by atoms with van der Waals surface area (Å²) in [5.41, 5.74) is 5.80. The highest BCUT2D eigenvalue weighted by molar-refractivity contribution is 5.89. The highest BCUT2D eigenvalue weighted by Gasteiger charge is 2.26. The van der Waals surface area contributed by atoms with Gasteiger partial charge in [0.25, 0.3) is 0 Å². The van der Waals surface area contributed by atoms with Crippen molar-refractivity contribution in [3.63, 3.8) is 0 Å². The number of nitrogens with zero attached hydrogens (tertiary/aromatic N) is 2. The van der Waals surface area contributed by atoms with Crippen molar-refractivity contribution in [1.82, 2.24) is 10.2 Å². The molecule has 5 nitrogen and oxygen atoms in total. The van der Waals surface area contributed by atoms with Gasteiger partial charge >= 0.3 is 0 Å². The molecule has 14 heavy (non-hydrogen) atoms. The minimum atomic E-state index is -0.216. The first-order chi connectivity index (χ1) is 6.52. The quantitative estimate of drug-likeness (QED) is 0.442. The van der Waals surface area contributed by atoms with Crippen molar-refractivity contribution in [2.75, 3.05) is 13.1 Å². The maximum atomic E-state index is 11.3. The number of piperazine rings is 1. The van der Waals surface area contributed by atoms with Crippen LogP contribution in [0.25, 0.3) is 0 Å². The van der Waals surface area contributed by atoms with Crippen LogP contribution in [0.4, 0.5) is 0 Å². The first kappa shape index (κ1) is 10.8. The largest absolute Gasteiger partial charge is 0.370 e. The van der Waals surface area contributed by atoms with Crippen LogP contribution in [0.15, 0.2) is 4.99 Å². The Morgan fingerprint density at radius 3 is 2.93 bits per heavy atom. The van der Waals surface area contributed by atoms with Crippen molar-refractivity contribution < 1.29 is 4.79 Å². The summed E-state index contributed by atoms with van der Waals surface area (Å²) in [5, 5.41) is 2.78. The lowest BCUT2D eigenvalue weighted by Crippen LogP contribution is -2.57. The van der Waals surface area contributed by atoms with Crippen molar-refractivity contribution in [2.45, 2.75) is 32.9 Å². The van der Waals surface area contributed by atoms with Crippen LogP contribution < -0.4 is 11.1 Å². The van der Waals surface area contributed by atoms with E-state index in [1.165, 1.54) is 0 Å². The molecule has 1 rings (SSSR count). The molecule has 1 unspecified atom stereocenters. The first-order valence-electron chi connectivity index (χ1n) is 4.90. The van der Waals surface area contributed by atoms with E-state index in [9.17, 15) is 4.79 Å². The van der Waals surface area contributed by atoms with E-state index in [1.807, 2.05) is 25.7 Å². The molecule has 1 heterocycles. The van der Waals surface area contributed by atoms with Gasteiger partial charge in [-0.05, 0) is 20.8 Å². The number of carbonyl (C=O) groups excluding carboxylic acids is 1. The van der Waals surface area contributed by atoms with Crippen LogP contribution in [-0.4, -0.2) is 41.9 Å². The van der Waals surface area contributed by atoms with Crippen LogP contribution in [0.1, 0.15) is 20.8 Å². The number of nitrogens with two attached hydrogens (primary N) is 1. The predicted octanol–water partition coefficient (Wildman–Crippen LogP) is -0.470. The Morgan fingerprint density at radius 1 is 1.71 bits per heavy atom. The van der Waals surface area contributed by atoms with Crippen LogP contribution in [-0.2, 0) is 4.79 Å². The molecule has 1 saturated heterocycles. The maximum absolute atomic E-state index is 11.3. The molecule has 1 aliphatic rings. The molecule has 1 aliphatic heterocycles. The fourth-order valence-electron chi connectivity index (χ4n) is 1.43. The fraction of sp³-hybridized carbons (Fsp3) is 0.778. The summed E-state index contributed by atoms with van der Waals surface area (Å²) in [4.78, 5) is 17.4. The van der Waals surface area contributed by atoms with E-state index in [2.05, 4.69) is 10.3 Å². The topological polar surface area (TPSA) is 70.7 Å². The molecule has 0 aromatic heterocycles. The van der Waals surface area contributed by atoms with E-state index in [0.29, 0.717) is 12.5 Å². The van der Waals surface area contributed by atoms with Gasteiger partial charge in [-0.15, -0.1) is 0 Å². The summed E-state index contributed by atoms with van der Waals surface area (Å²) >= 11 is 0. The smallest absolute Gasteiger partial charge is 0.242 e. The number of aliphatic imine (C=N–C) groups is 1. The second-order valence-corrected chi connectivity index (χ2v) is 3.74. The Kier molecular flexibility index (Phi) is 3.33. The highest BCUT2D eigenvalue weighted by atomic mass is 16.2. The third-order valence-electron chi connectivity index (χ3n) is 2.18. The summed E-state index contributed by atoms with van der Waals surface area (Å²) in [6, 6.07) is -0.0570. The van der Waals surface area contributed by atoms with Gasteiger partial charge in [0.1, 0.15) is 6.04 Å². The summed E-state index contributed by atoms with van der Waals surface area (Å²) in [7, 11) is 0. The normalized spacial score (nSPS) is 24.0. The molecule has 0 aromatic carbocycles. The van der Waals surface area contributed by atoms with Gasteiger partial charge < -0.3 is 16.0 Å². The van der Waals surface area contributed by atoms with Crippen LogP contribution in [0.3, 0.4) is 0 Å². The van der Waals surface area contributed by atoms with E-state index in [4.69, 9.17) is 5.73 Å². The van der Waals surface area contributed by atoms with Crippen molar-refractivity contribution in [2.24, 2.45) is 10.7 Å². The van der Waals surface area contributed by atoms with Crippen LogP contribution >= 0.6 is 0 Å². The van der Waals surface area contributed by atoms with Gasteiger partial charge in [-0.2, -0.15) is 0 Å². The summed E-state index contributed by atoms with van der Waals surface area (Å²) in [6.45, 7) is 7.12. The second-order valence-electron chi connectivity index (χ2n) is 3.74. The monoisotopic (exact) mass is 198 g/mol. The van der Waals surface area contributed by atoms with Gasteiger partial charge in [-0.25, -0.2) is 0 Å². The van der Waals surface area contributed by atoms with Gasteiger partial charge in [0.05, 0.1) is 0 Å². The van der Waals surface area contributed by atoms with Gasteiger partial charge in [-0.3, -0.25) is 9.79 Å². The zero-order valence-electron chi connectivity index (χ0n) is 8.95. The lowest BCUT2D eigenvalue weighted by atomic mass is 10.2. The molecule has 5 heteroatoms. The average molecular weight is 198 g/mol. The molecule has 0 saturated carbocycles. The Morgan fingerprint density at radius 2 is 2.36 bits per heavy atom. The molecule has 0 spiro atoms. The van der Waals surface area contributed by atoms with Gasteiger partial charge in [-0.1, -0.05) is 0 Å². The van der Waals surface area contributed by atoms with E-state index < -0.39 is 0 Å². The van der Waals surface area contributed by atoms with E-state index in [-0.39, 0.29) is 18.0 Å². The molecule has 0 radical (unpaired) electrons. The Hall–Kier alpha value is -1.26. The molecule has 0 bridgehead atoms. The van der Waals surface area contributed by atoms with Crippen molar-refractivity contribution in [1.29, 1.82) is 0 Å². The fourth-order valence-corrected chi connectivity index (χ4v) is 1.43. The SMILES string of the molecule is CC(C)N=C(N)N1CCNC(=O)C1C. The highest BCUT2D eigenvalue weighted by Crippen LogP contribution is 2.03. The molecular formula is C9H18N4O. The zero-order chi connectivity index (χ0) is 10.7. The Bertz CT molecular complexity index is 249. The molecule has 3 N–H and O–H groups in total. The maximum Gasteiger partial charge on any atom is 0.242 e. The number of guanidine groups is 1. The molecule has 1 atom stereocenters. The van der Waals surface area contributed by atoms with Gasteiger partial charge in [0.2, 0.25) is 5.91 Å². The number of nitrogens with one attached hydrogen (secondary N) is 1. The molecule has 0 aliphatic carbocycles. The van der Waals surface area contributed by atoms with Gasteiger partial charge in [0.15, 0.2) is 5.96 Å². The van der Waals surface area contributed by atoms with Crippen molar-refractivity contribution in [3.8, 4) is 0 Å². The molecular weight excluding hydrogens is 180 g/mol. The Labute approximate surface area is 84.4 Å². The van der Waals surface area contributed by atoms with Crippen LogP contribution in [0.2, 0.25) is 0 Å². The summed E-state index contributed by atoms with van der Waals surface area (Å²) < 4.78 is 0. The standard InChI is InChI=1S/C9H18N4O/c1-6(2)12-9(10)13-5-4-11-8(14)7(13)3/h6-7H,4-5H2,1-3H3,(H2,10,12)(H,11,14). The van der Waals surface area contributed by atoms with E-state index >= 15 is 0 Å². The number of hydrogen-bond acceptors (Lipinski definition) is 2. The third-order valence-corrected chi connectivity index (χ3v) is 2.18. The average Bonchev–Trinajstić information content (AvgIpc) is 2.08. The van der Waals surface area contributed by atoms with E-state index in [0.717, 1.165) is 6.54 Å². The van der Waals surface area contributed by atoms with Crippen LogP contribution in [0.5, 0.6) is 0 Å². The minimum absolute atomic E-state index is 0.0122. The van der Waals surface area contributed by atoms with Crippen molar-refractivity contribution in [3.05, 3.63) is 0 Å². The lowest BCUT2D eigenvalue weighted by molar-refractivity contribution is -0.126. The Balaban J connectivity index is 2.71. The third kappa shape index (κ3) is 2.37. The van der Waals surface area contributed by atoms with Crippen molar-refractivity contribution >= 4 is 11.9 Å². The second kappa shape index (κ2) is 4.30. The summed E-state index contributed by atoms with van der Waals surface area (Å²) in [6.07, 6.45) is 0. The molecule has 1 amide bonds. The van der Waals surface area contributed by atoms with Crippen LogP contribution in [0, 0.1) is 0 Å². The van der Waals surface area contributed by atoms with Gasteiger partial charge in [0, 0.05) is 19.1 Å². The molecule has 0 aromatic rings. The molecule has 1 fully saturated rings. The lowest BCUT2D eigenvalue weighted by Gasteiger charge is -2.33. The minimum Gasteiger partial charge on any atom is -0.370 e. The number of carbonyl (C=O) groups is 1. The van der Waals surface area contributed by atoms with E-state index in [1.54, 1.807) is 0 Å². The zero-order valence-corrected chi connectivity index (χ0v) is 8.95. The predicted molar refractivity (Wildman–Crippen MR) is 55.9 cm³/mol.